The lowest BCUT2D eigenvalue weighted by Crippen LogP contribution is -2.18. The van der Waals surface area contributed by atoms with Gasteiger partial charge >= 0.3 is 12.1 Å². The highest BCUT2D eigenvalue weighted by molar-refractivity contribution is 5.89. The average molecular weight is 326 g/mol. The van der Waals surface area contributed by atoms with E-state index < -0.39 is 18.1 Å². The molecule has 1 unspecified atom stereocenters. The summed E-state index contributed by atoms with van der Waals surface area (Å²) in [5, 5.41) is 4.30. The van der Waals surface area contributed by atoms with Gasteiger partial charge < -0.3 is 4.74 Å². The highest BCUT2D eigenvalue weighted by Gasteiger charge is 2.36. The number of aromatic nitrogens is 2. The molecule has 1 atom stereocenters. The zero-order valence-corrected chi connectivity index (χ0v) is 12.8. The van der Waals surface area contributed by atoms with Crippen molar-refractivity contribution in [3.63, 3.8) is 0 Å². The fourth-order valence-corrected chi connectivity index (χ4v) is 2.20. The second-order valence-corrected chi connectivity index (χ2v) is 5.06. The van der Waals surface area contributed by atoms with Crippen molar-refractivity contribution in [1.82, 2.24) is 9.78 Å². The van der Waals surface area contributed by atoms with Gasteiger partial charge in [-0.3, -0.25) is 4.68 Å². The number of halogens is 3. The maximum Gasteiger partial charge on any atom is 0.398 e. The van der Waals surface area contributed by atoms with E-state index in [-0.39, 0.29) is 5.69 Å². The molecule has 124 valence electrons. The van der Waals surface area contributed by atoms with E-state index in [1.807, 2.05) is 6.92 Å². The first kappa shape index (κ1) is 17.1. The summed E-state index contributed by atoms with van der Waals surface area (Å²) >= 11 is 0. The van der Waals surface area contributed by atoms with Crippen molar-refractivity contribution in [3.05, 3.63) is 47.8 Å². The zero-order chi connectivity index (χ0) is 17.0. The molecule has 7 heteroatoms. The third-order valence-electron chi connectivity index (χ3n) is 3.36. The van der Waals surface area contributed by atoms with Crippen molar-refractivity contribution < 1.29 is 22.7 Å². The number of allylic oxidation sites excluding steroid dienone is 6. The molecule has 0 aromatic carbocycles. The number of hydrogen-bond acceptors (Lipinski definition) is 3. The lowest BCUT2D eigenvalue weighted by atomic mass is 10.1. The molecule has 1 aromatic heterocycles. The van der Waals surface area contributed by atoms with Gasteiger partial charge in [-0.15, -0.1) is 0 Å². The van der Waals surface area contributed by atoms with Gasteiger partial charge in [-0.25, -0.2) is 4.79 Å². The van der Waals surface area contributed by atoms with Crippen LogP contribution >= 0.6 is 0 Å². The molecule has 1 aliphatic rings. The van der Waals surface area contributed by atoms with Crippen molar-refractivity contribution in [2.45, 2.75) is 26.1 Å². The van der Waals surface area contributed by atoms with E-state index in [9.17, 15) is 18.0 Å². The maximum absolute atomic E-state index is 12.8. The number of rotatable bonds is 4. The van der Waals surface area contributed by atoms with Crippen molar-refractivity contribution in [1.29, 1.82) is 0 Å². The van der Waals surface area contributed by atoms with Gasteiger partial charge in [0.05, 0.1) is 18.7 Å². The molecule has 0 N–H and O–H groups in total. The number of aryl methyl sites for hydroxylation is 1. The monoisotopic (exact) mass is 326 g/mol. The largest absolute Gasteiger partial charge is 0.464 e. The Morgan fingerprint density at radius 3 is 2.74 bits per heavy atom. The molecule has 0 fully saturated rings. The molecule has 0 amide bonds. The predicted molar refractivity (Wildman–Crippen MR) is 79.7 cm³/mol. The van der Waals surface area contributed by atoms with Gasteiger partial charge in [0, 0.05) is 12.1 Å². The Bertz CT molecular complexity index is 669. The van der Waals surface area contributed by atoms with E-state index >= 15 is 0 Å². The molecule has 0 spiro atoms. The lowest BCUT2D eigenvalue weighted by Gasteiger charge is -2.11. The molecule has 1 aliphatic carbocycles. The standard InChI is InChI=1S/C16H17F3N2O2/c1-3-9-21-14(15(22)23-2)10-13(20-21)11-5-4-6-12(8-7-11)16(17,18)19/h4-8,10,12H,3,9H2,1-2H3. The van der Waals surface area contributed by atoms with E-state index in [1.165, 1.54) is 30.0 Å². The summed E-state index contributed by atoms with van der Waals surface area (Å²) < 4.78 is 44.5. The summed E-state index contributed by atoms with van der Waals surface area (Å²) in [6, 6.07) is 1.53. The Hall–Kier alpha value is -2.31. The molecule has 0 bridgehead atoms. The van der Waals surface area contributed by atoms with Crippen LogP contribution in [0, 0.1) is 5.92 Å². The van der Waals surface area contributed by atoms with Crippen LogP contribution < -0.4 is 0 Å². The fraction of sp³-hybridized carbons (Fsp3) is 0.375. The minimum absolute atomic E-state index is 0.277. The molecular formula is C16H17F3N2O2. The van der Waals surface area contributed by atoms with Crippen LogP contribution in [0.2, 0.25) is 0 Å². The Morgan fingerprint density at radius 2 is 2.13 bits per heavy atom. The number of nitrogens with zero attached hydrogens (tertiary/aromatic N) is 2. The van der Waals surface area contributed by atoms with Gasteiger partial charge in [0.2, 0.25) is 0 Å². The molecule has 0 saturated carbocycles. The van der Waals surface area contributed by atoms with Crippen LogP contribution in [-0.2, 0) is 11.3 Å². The van der Waals surface area contributed by atoms with Gasteiger partial charge in [0.15, 0.2) is 0 Å². The van der Waals surface area contributed by atoms with Crippen LogP contribution in [0.5, 0.6) is 0 Å². The molecule has 23 heavy (non-hydrogen) atoms. The average Bonchev–Trinajstić information content (AvgIpc) is 2.74. The highest BCUT2D eigenvalue weighted by atomic mass is 19.4. The number of alkyl halides is 3. The van der Waals surface area contributed by atoms with Gasteiger partial charge in [-0.1, -0.05) is 37.3 Å². The summed E-state index contributed by atoms with van der Waals surface area (Å²) in [6.45, 7) is 2.45. The Morgan fingerprint density at radius 1 is 1.39 bits per heavy atom. The number of carbonyl (C=O) groups excluding carboxylic acids is 1. The van der Waals surface area contributed by atoms with Crippen LogP contribution in [0.3, 0.4) is 0 Å². The summed E-state index contributed by atoms with van der Waals surface area (Å²) in [5.74, 6) is -2.16. The van der Waals surface area contributed by atoms with Gasteiger partial charge in [0.1, 0.15) is 5.69 Å². The third kappa shape index (κ3) is 3.91. The van der Waals surface area contributed by atoms with Gasteiger partial charge in [0.25, 0.3) is 0 Å². The number of esters is 1. The number of ether oxygens (including phenoxy) is 1. The summed E-state index contributed by atoms with van der Waals surface area (Å²) in [7, 11) is 1.27. The molecule has 1 heterocycles. The highest BCUT2D eigenvalue weighted by Crippen LogP contribution is 2.31. The molecule has 0 saturated heterocycles. The lowest BCUT2D eigenvalue weighted by molar-refractivity contribution is -0.148. The smallest absolute Gasteiger partial charge is 0.398 e. The van der Waals surface area contributed by atoms with E-state index in [0.29, 0.717) is 17.8 Å². The van der Waals surface area contributed by atoms with Crippen molar-refractivity contribution in [2.24, 2.45) is 5.92 Å². The van der Waals surface area contributed by atoms with Gasteiger partial charge in [-0.2, -0.15) is 18.3 Å². The van der Waals surface area contributed by atoms with E-state index in [2.05, 4.69) is 5.10 Å². The Labute approximate surface area is 131 Å². The number of carbonyl (C=O) groups is 1. The van der Waals surface area contributed by atoms with Crippen LogP contribution in [0.15, 0.2) is 36.4 Å². The van der Waals surface area contributed by atoms with E-state index in [1.54, 1.807) is 6.08 Å². The molecule has 2 rings (SSSR count). The first-order chi connectivity index (χ1) is 10.9. The summed E-state index contributed by atoms with van der Waals surface area (Å²) in [4.78, 5) is 11.8. The fourth-order valence-electron chi connectivity index (χ4n) is 2.20. The maximum atomic E-state index is 12.8. The van der Waals surface area contributed by atoms with Crippen LogP contribution in [0.25, 0.3) is 5.57 Å². The molecule has 0 radical (unpaired) electrons. The van der Waals surface area contributed by atoms with Gasteiger partial charge in [-0.05, 0) is 12.5 Å². The predicted octanol–water partition coefficient (Wildman–Crippen LogP) is 3.77. The minimum atomic E-state index is -4.32. The molecule has 1 aromatic rings. The number of hydrogen-bond donors (Lipinski definition) is 0. The van der Waals surface area contributed by atoms with Crippen LogP contribution in [0.1, 0.15) is 29.5 Å². The minimum Gasteiger partial charge on any atom is -0.464 e. The van der Waals surface area contributed by atoms with E-state index in [0.717, 1.165) is 18.6 Å². The zero-order valence-electron chi connectivity index (χ0n) is 12.8. The molecule has 0 aliphatic heterocycles. The van der Waals surface area contributed by atoms with Crippen LogP contribution in [-0.4, -0.2) is 29.0 Å². The van der Waals surface area contributed by atoms with E-state index in [4.69, 9.17) is 4.74 Å². The van der Waals surface area contributed by atoms with Crippen LogP contribution in [0.4, 0.5) is 13.2 Å². The normalized spacial score (nSPS) is 17.8. The van der Waals surface area contributed by atoms with Crippen molar-refractivity contribution in [3.8, 4) is 0 Å². The Kier molecular flexibility index (Phi) is 5.08. The summed E-state index contributed by atoms with van der Waals surface area (Å²) in [6.07, 6.45) is 2.86. The Balaban J connectivity index is 2.34. The topological polar surface area (TPSA) is 44.1 Å². The molecule has 4 nitrogen and oxygen atoms in total. The first-order valence-electron chi connectivity index (χ1n) is 7.16. The first-order valence-corrected chi connectivity index (χ1v) is 7.16. The number of methoxy groups -OCH3 is 1. The molecular weight excluding hydrogens is 309 g/mol. The second kappa shape index (κ2) is 6.85. The van der Waals surface area contributed by atoms with Crippen molar-refractivity contribution in [2.75, 3.05) is 7.11 Å². The van der Waals surface area contributed by atoms with Crippen molar-refractivity contribution >= 4 is 11.5 Å². The summed E-state index contributed by atoms with van der Waals surface area (Å²) in [5.41, 5.74) is 1.22. The third-order valence-corrected chi connectivity index (χ3v) is 3.36. The SMILES string of the molecule is CCCn1nc(C2=CC=CC(C(F)(F)F)C=C2)cc1C(=O)OC. The quantitative estimate of drug-likeness (QED) is 0.791. The second-order valence-electron chi connectivity index (χ2n) is 5.06.